The highest BCUT2D eigenvalue weighted by atomic mass is 16.5. The van der Waals surface area contributed by atoms with Crippen molar-refractivity contribution in [2.24, 2.45) is 0 Å². The molecule has 0 saturated carbocycles. The average Bonchev–Trinajstić information content (AvgIpc) is 2.81. The van der Waals surface area contributed by atoms with Crippen LogP contribution in [0.15, 0.2) is 39.8 Å². The molecule has 1 fully saturated rings. The van der Waals surface area contributed by atoms with Gasteiger partial charge in [0.2, 0.25) is 11.9 Å². The summed E-state index contributed by atoms with van der Waals surface area (Å²) in [5, 5.41) is 0.866. The van der Waals surface area contributed by atoms with Gasteiger partial charge in [-0.05, 0) is 56.9 Å². The first-order valence-electron chi connectivity index (χ1n) is 11.4. The maximum Gasteiger partial charge on any atom is 0.340 e. The van der Waals surface area contributed by atoms with E-state index in [1.165, 1.54) is 0 Å². The predicted octanol–water partition coefficient (Wildman–Crippen LogP) is 2.89. The van der Waals surface area contributed by atoms with Gasteiger partial charge in [0.05, 0.1) is 12.0 Å². The van der Waals surface area contributed by atoms with Crippen molar-refractivity contribution >= 4 is 22.8 Å². The number of anilines is 1. The van der Waals surface area contributed by atoms with Crippen LogP contribution < -0.4 is 15.3 Å². The maximum atomic E-state index is 13.0. The molecule has 4 heterocycles. The summed E-state index contributed by atoms with van der Waals surface area (Å²) in [6.07, 6.45) is 5.29. The van der Waals surface area contributed by atoms with E-state index in [1.807, 2.05) is 19.1 Å². The van der Waals surface area contributed by atoms with Gasteiger partial charge in [-0.1, -0.05) is 0 Å². The van der Waals surface area contributed by atoms with Crippen LogP contribution in [-0.4, -0.2) is 52.6 Å². The van der Waals surface area contributed by atoms with Gasteiger partial charge in [-0.25, -0.2) is 14.8 Å². The Morgan fingerprint density at radius 1 is 1.12 bits per heavy atom. The number of carbonyl (C=O) groups is 1. The lowest BCUT2D eigenvalue weighted by Gasteiger charge is -2.34. The Bertz CT molecular complexity index is 1260. The highest BCUT2D eigenvalue weighted by Crippen LogP contribution is 2.36. The zero-order chi connectivity index (χ0) is 23.2. The molecule has 172 valence electrons. The van der Waals surface area contributed by atoms with Crippen LogP contribution in [0.5, 0.6) is 5.75 Å². The first-order chi connectivity index (χ1) is 15.8. The zero-order valence-corrected chi connectivity index (χ0v) is 19.3. The summed E-state index contributed by atoms with van der Waals surface area (Å²) in [4.78, 5) is 38.2. The lowest BCUT2D eigenvalue weighted by Crippen LogP contribution is -2.49. The van der Waals surface area contributed by atoms with Crippen LogP contribution in [0.25, 0.3) is 11.0 Å². The molecule has 0 spiro atoms. The molecular weight excluding hydrogens is 420 g/mol. The van der Waals surface area contributed by atoms with E-state index in [0.29, 0.717) is 43.3 Å². The SMILES string of the molecule is Cc1c(CC(=O)N2CCN(c3ncccn3)CC2)c(=O)oc2cc3c(cc12)CCC(C)(C)O3. The quantitative estimate of drug-likeness (QED) is 0.569. The molecule has 2 aliphatic heterocycles. The smallest absolute Gasteiger partial charge is 0.340 e. The molecule has 33 heavy (non-hydrogen) atoms. The minimum absolute atomic E-state index is 0.0343. The van der Waals surface area contributed by atoms with Gasteiger partial charge in [0.15, 0.2) is 0 Å². The molecule has 3 aromatic rings. The summed E-state index contributed by atoms with van der Waals surface area (Å²) in [5.41, 5.74) is 2.15. The first kappa shape index (κ1) is 21.4. The van der Waals surface area contributed by atoms with Crippen molar-refractivity contribution in [1.82, 2.24) is 14.9 Å². The van der Waals surface area contributed by atoms with Crippen LogP contribution in [0, 0.1) is 6.92 Å². The summed E-state index contributed by atoms with van der Waals surface area (Å²) in [6.45, 7) is 8.46. The fraction of sp³-hybridized carbons (Fsp3) is 0.440. The van der Waals surface area contributed by atoms with Gasteiger partial charge in [-0.15, -0.1) is 0 Å². The molecule has 2 aliphatic rings. The molecule has 0 bridgehead atoms. The van der Waals surface area contributed by atoms with Gasteiger partial charge in [-0.3, -0.25) is 4.79 Å². The third-order valence-electron chi connectivity index (χ3n) is 6.65. The highest BCUT2D eigenvalue weighted by molar-refractivity contribution is 5.86. The summed E-state index contributed by atoms with van der Waals surface area (Å²) in [6, 6.07) is 5.64. The van der Waals surface area contributed by atoms with Gasteiger partial charge in [0.1, 0.15) is 16.9 Å². The van der Waals surface area contributed by atoms with Gasteiger partial charge < -0.3 is 19.0 Å². The number of aromatic nitrogens is 2. The second-order valence-corrected chi connectivity index (χ2v) is 9.40. The molecule has 8 heteroatoms. The van der Waals surface area contributed by atoms with Crippen LogP contribution in [-0.2, 0) is 17.6 Å². The Hall–Kier alpha value is -3.42. The number of amides is 1. The van der Waals surface area contributed by atoms with Crippen LogP contribution in [0.2, 0.25) is 0 Å². The molecule has 0 radical (unpaired) electrons. The number of fused-ring (bicyclic) bond motifs is 2. The fourth-order valence-electron chi connectivity index (χ4n) is 4.61. The minimum Gasteiger partial charge on any atom is -0.487 e. The molecule has 0 atom stereocenters. The molecule has 8 nitrogen and oxygen atoms in total. The number of hydrogen-bond acceptors (Lipinski definition) is 7. The lowest BCUT2D eigenvalue weighted by molar-refractivity contribution is -0.130. The van der Waals surface area contributed by atoms with Crippen LogP contribution >= 0.6 is 0 Å². The van der Waals surface area contributed by atoms with Crippen LogP contribution in [0.1, 0.15) is 37.0 Å². The third-order valence-corrected chi connectivity index (χ3v) is 6.65. The normalized spacial score (nSPS) is 17.5. The number of benzene rings is 1. The number of piperazine rings is 1. The Morgan fingerprint density at radius 3 is 2.58 bits per heavy atom. The second-order valence-electron chi connectivity index (χ2n) is 9.40. The van der Waals surface area contributed by atoms with Crippen molar-refractivity contribution in [1.29, 1.82) is 0 Å². The van der Waals surface area contributed by atoms with Gasteiger partial charge >= 0.3 is 5.63 Å². The Kier molecular flexibility index (Phi) is 5.31. The molecule has 1 amide bonds. The number of carbonyl (C=O) groups excluding carboxylic acids is 1. The van der Waals surface area contributed by atoms with E-state index in [0.717, 1.165) is 35.1 Å². The number of ether oxygens (including phenoxy) is 1. The first-order valence-corrected chi connectivity index (χ1v) is 11.4. The number of nitrogens with zero attached hydrogens (tertiary/aromatic N) is 4. The highest BCUT2D eigenvalue weighted by Gasteiger charge is 2.28. The van der Waals surface area contributed by atoms with Crippen molar-refractivity contribution < 1.29 is 13.9 Å². The van der Waals surface area contributed by atoms with Crippen molar-refractivity contribution in [3.8, 4) is 5.75 Å². The average molecular weight is 449 g/mol. The van der Waals surface area contributed by atoms with E-state index in [1.54, 1.807) is 23.4 Å². The van der Waals surface area contributed by atoms with Crippen molar-refractivity contribution in [3.63, 3.8) is 0 Å². The standard InChI is InChI=1S/C25H28N4O4/c1-16-18-13-17-5-6-25(2,3)33-20(17)15-21(18)32-23(31)19(16)14-22(30)28-9-11-29(12-10-28)24-26-7-4-8-27-24/h4,7-8,13,15H,5-6,9-12,14H2,1-3H3. The molecular formula is C25H28N4O4. The van der Waals surface area contributed by atoms with E-state index in [4.69, 9.17) is 9.15 Å². The summed E-state index contributed by atoms with van der Waals surface area (Å²) in [5.74, 6) is 1.37. The number of hydrogen-bond donors (Lipinski definition) is 0. The fourth-order valence-corrected chi connectivity index (χ4v) is 4.61. The van der Waals surface area contributed by atoms with Crippen LogP contribution in [0.3, 0.4) is 0 Å². The van der Waals surface area contributed by atoms with E-state index < -0.39 is 5.63 Å². The van der Waals surface area contributed by atoms with Gasteiger partial charge in [0, 0.05) is 50.0 Å². The van der Waals surface area contributed by atoms with E-state index in [9.17, 15) is 9.59 Å². The Morgan fingerprint density at radius 2 is 1.85 bits per heavy atom. The molecule has 5 rings (SSSR count). The van der Waals surface area contributed by atoms with Gasteiger partial charge in [0.25, 0.3) is 0 Å². The van der Waals surface area contributed by atoms with Crippen LogP contribution in [0.4, 0.5) is 5.95 Å². The Balaban J connectivity index is 1.35. The molecule has 0 unspecified atom stereocenters. The van der Waals surface area contributed by atoms with Crippen molar-refractivity contribution in [2.45, 2.75) is 45.6 Å². The second kappa shape index (κ2) is 8.17. The van der Waals surface area contributed by atoms with E-state index in [2.05, 4.69) is 28.7 Å². The lowest BCUT2D eigenvalue weighted by atomic mass is 9.92. The molecule has 1 aromatic carbocycles. The summed E-state index contributed by atoms with van der Waals surface area (Å²) >= 11 is 0. The molecule has 0 N–H and O–H groups in total. The van der Waals surface area contributed by atoms with E-state index >= 15 is 0 Å². The van der Waals surface area contributed by atoms with Gasteiger partial charge in [-0.2, -0.15) is 0 Å². The number of aryl methyl sites for hydroxylation is 2. The molecule has 1 saturated heterocycles. The van der Waals surface area contributed by atoms with Crippen molar-refractivity contribution in [2.75, 3.05) is 31.1 Å². The minimum atomic E-state index is -0.459. The monoisotopic (exact) mass is 448 g/mol. The Labute approximate surface area is 192 Å². The maximum absolute atomic E-state index is 13.0. The predicted molar refractivity (Wildman–Crippen MR) is 125 cm³/mol. The van der Waals surface area contributed by atoms with E-state index in [-0.39, 0.29) is 17.9 Å². The largest absolute Gasteiger partial charge is 0.487 e. The zero-order valence-electron chi connectivity index (χ0n) is 19.3. The summed E-state index contributed by atoms with van der Waals surface area (Å²) in [7, 11) is 0. The molecule has 2 aromatic heterocycles. The topological polar surface area (TPSA) is 88.8 Å². The van der Waals surface area contributed by atoms with Crippen molar-refractivity contribution in [3.05, 3.63) is 57.7 Å². The molecule has 0 aliphatic carbocycles. The number of rotatable bonds is 3. The summed E-state index contributed by atoms with van der Waals surface area (Å²) < 4.78 is 11.7. The third kappa shape index (κ3) is 4.17.